The van der Waals surface area contributed by atoms with Crippen LogP contribution in [0.1, 0.15) is 36.4 Å². The SMILES string of the molecule is Cc1csc(CC(N)C2CCOC3(CCSCC3)C2)n1. The lowest BCUT2D eigenvalue weighted by molar-refractivity contribution is -0.105. The number of hydrogen-bond acceptors (Lipinski definition) is 5. The molecule has 3 rings (SSSR count). The molecule has 0 saturated carbocycles. The number of aryl methyl sites for hydroxylation is 1. The van der Waals surface area contributed by atoms with Crippen LogP contribution in [0.2, 0.25) is 0 Å². The molecule has 0 radical (unpaired) electrons. The maximum Gasteiger partial charge on any atom is 0.0943 e. The van der Waals surface area contributed by atoms with E-state index in [9.17, 15) is 0 Å². The van der Waals surface area contributed by atoms with Gasteiger partial charge in [0, 0.05) is 30.1 Å². The van der Waals surface area contributed by atoms with Gasteiger partial charge in [-0.15, -0.1) is 11.3 Å². The molecule has 1 aromatic heterocycles. The van der Waals surface area contributed by atoms with Crippen molar-refractivity contribution >= 4 is 23.1 Å². The van der Waals surface area contributed by atoms with Crippen molar-refractivity contribution in [3.63, 3.8) is 0 Å². The van der Waals surface area contributed by atoms with Crippen LogP contribution in [0.25, 0.3) is 0 Å². The fourth-order valence-corrected chi connectivity index (χ4v) is 5.47. The van der Waals surface area contributed by atoms with Gasteiger partial charge in [0.15, 0.2) is 0 Å². The molecule has 0 amide bonds. The first-order valence-electron chi connectivity index (χ1n) is 7.55. The van der Waals surface area contributed by atoms with E-state index in [1.54, 1.807) is 11.3 Å². The van der Waals surface area contributed by atoms with E-state index in [2.05, 4.69) is 29.0 Å². The summed E-state index contributed by atoms with van der Waals surface area (Å²) in [7, 11) is 0. The van der Waals surface area contributed by atoms with Gasteiger partial charge in [-0.05, 0) is 50.0 Å². The summed E-state index contributed by atoms with van der Waals surface area (Å²) in [4.78, 5) is 4.55. The monoisotopic (exact) mass is 312 g/mol. The van der Waals surface area contributed by atoms with Crippen molar-refractivity contribution in [3.8, 4) is 0 Å². The van der Waals surface area contributed by atoms with Gasteiger partial charge in [-0.2, -0.15) is 11.8 Å². The van der Waals surface area contributed by atoms with E-state index < -0.39 is 0 Å². The van der Waals surface area contributed by atoms with Crippen LogP contribution in [0.15, 0.2) is 5.38 Å². The summed E-state index contributed by atoms with van der Waals surface area (Å²) in [6.45, 7) is 2.94. The molecule has 112 valence electrons. The minimum Gasteiger partial charge on any atom is -0.375 e. The van der Waals surface area contributed by atoms with E-state index in [-0.39, 0.29) is 11.6 Å². The molecule has 2 fully saturated rings. The number of aromatic nitrogens is 1. The second kappa shape index (κ2) is 6.34. The highest BCUT2D eigenvalue weighted by atomic mass is 32.2. The molecule has 2 atom stereocenters. The quantitative estimate of drug-likeness (QED) is 0.932. The summed E-state index contributed by atoms with van der Waals surface area (Å²) in [5.74, 6) is 3.08. The van der Waals surface area contributed by atoms with Crippen LogP contribution in [0.3, 0.4) is 0 Å². The summed E-state index contributed by atoms with van der Waals surface area (Å²) in [6.07, 6.45) is 5.60. The highest BCUT2D eigenvalue weighted by Crippen LogP contribution is 2.40. The molecule has 0 aromatic carbocycles. The molecular formula is C15H24N2OS2. The van der Waals surface area contributed by atoms with E-state index in [1.807, 2.05) is 0 Å². The Morgan fingerprint density at radius 1 is 1.50 bits per heavy atom. The maximum absolute atomic E-state index is 6.49. The molecular weight excluding hydrogens is 288 g/mol. The van der Waals surface area contributed by atoms with Crippen molar-refractivity contribution in [2.24, 2.45) is 11.7 Å². The molecule has 1 aromatic rings. The second-order valence-electron chi connectivity index (χ2n) is 6.15. The zero-order valence-electron chi connectivity index (χ0n) is 12.1. The van der Waals surface area contributed by atoms with Gasteiger partial charge in [-0.1, -0.05) is 0 Å². The topological polar surface area (TPSA) is 48.1 Å². The van der Waals surface area contributed by atoms with Crippen LogP contribution in [-0.4, -0.2) is 34.7 Å². The number of thioether (sulfide) groups is 1. The summed E-state index contributed by atoms with van der Waals surface area (Å²) >= 11 is 3.80. The molecule has 2 unspecified atom stereocenters. The third kappa shape index (κ3) is 3.38. The lowest BCUT2D eigenvalue weighted by atomic mass is 9.78. The third-order valence-corrected chi connectivity index (χ3v) is 6.59. The smallest absolute Gasteiger partial charge is 0.0943 e. The van der Waals surface area contributed by atoms with Crippen molar-refractivity contribution in [3.05, 3.63) is 16.1 Å². The van der Waals surface area contributed by atoms with Crippen molar-refractivity contribution in [1.29, 1.82) is 0 Å². The predicted molar refractivity (Wildman–Crippen MR) is 86.5 cm³/mol. The van der Waals surface area contributed by atoms with Gasteiger partial charge in [-0.25, -0.2) is 4.98 Å². The fourth-order valence-electron chi connectivity index (χ4n) is 3.39. The number of ether oxygens (including phenoxy) is 1. The molecule has 2 aliphatic rings. The van der Waals surface area contributed by atoms with Gasteiger partial charge >= 0.3 is 0 Å². The molecule has 5 heteroatoms. The molecule has 0 bridgehead atoms. The molecule has 0 aliphatic carbocycles. The molecule has 2 N–H and O–H groups in total. The lowest BCUT2D eigenvalue weighted by Crippen LogP contribution is -2.47. The molecule has 2 aliphatic heterocycles. The summed E-state index contributed by atoms with van der Waals surface area (Å²) in [5.41, 5.74) is 7.74. The van der Waals surface area contributed by atoms with Crippen LogP contribution >= 0.6 is 23.1 Å². The first-order chi connectivity index (χ1) is 9.67. The van der Waals surface area contributed by atoms with Gasteiger partial charge in [0.2, 0.25) is 0 Å². The number of nitrogens with two attached hydrogens (primary N) is 1. The Labute approximate surface area is 129 Å². The van der Waals surface area contributed by atoms with Gasteiger partial charge in [0.1, 0.15) is 0 Å². The van der Waals surface area contributed by atoms with Crippen molar-refractivity contribution in [1.82, 2.24) is 4.98 Å². The normalized spacial score (nSPS) is 27.6. The Hall–Kier alpha value is -0.100. The Morgan fingerprint density at radius 2 is 2.30 bits per heavy atom. The first kappa shape index (κ1) is 14.8. The number of nitrogens with zero attached hydrogens (tertiary/aromatic N) is 1. The molecule has 20 heavy (non-hydrogen) atoms. The lowest BCUT2D eigenvalue weighted by Gasteiger charge is -2.44. The highest BCUT2D eigenvalue weighted by molar-refractivity contribution is 7.99. The Morgan fingerprint density at radius 3 is 3.00 bits per heavy atom. The van der Waals surface area contributed by atoms with E-state index in [1.165, 1.54) is 29.4 Å². The van der Waals surface area contributed by atoms with Crippen molar-refractivity contribution in [2.45, 2.75) is 50.7 Å². The largest absolute Gasteiger partial charge is 0.375 e. The predicted octanol–water partition coefficient (Wildman–Crippen LogP) is 3.01. The molecule has 1 spiro atoms. The minimum absolute atomic E-state index is 0.143. The maximum atomic E-state index is 6.49. The van der Waals surface area contributed by atoms with Gasteiger partial charge < -0.3 is 10.5 Å². The standard InChI is InChI=1S/C15H24N2OS2/c1-11-10-20-14(17-11)8-13(16)12-2-5-18-15(9-12)3-6-19-7-4-15/h10,12-13H,2-9,16H2,1H3. The first-order valence-corrected chi connectivity index (χ1v) is 9.59. The molecule has 3 nitrogen and oxygen atoms in total. The van der Waals surface area contributed by atoms with E-state index in [0.717, 1.165) is 31.6 Å². The number of thiazole rings is 1. The average molecular weight is 313 g/mol. The zero-order chi connectivity index (χ0) is 14.0. The van der Waals surface area contributed by atoms with Gasteiger partial charge in [-0.3, -0.25) is 0 Å². The second-order valence-corrected chi connectivity index (χ2v) is 8.31. The third-order valence-electron chi connectivity index (χ3n) is 4.62. The van der Waals surface area contributed by atoms with Gasteiger partial charge in [0.05, 0.1) is 10.6 Å². The van der Waals surface area contributed by atoms with E-state index in [0.29, 0.717) is 5.92 Å². The highest BCUT2D eigenvalue weighted by Gasteiger charge is 2.40. The van der Waals surface area contributed by atoms with E-state index in [4.69, 9.17) is 10.5 Å². The molecule has 3 heterocycles. The summed E-state index contributed by atoms with van der Waals surface area (Å²) in [5, 5.41) is 3.31. The Kier molecular flexibility index (Phi) is 4.70. The average Bonchev–Trinajstić information content (AvgIpc) is 2.85. The van der Waals surface area contributed by atoms with Crippen LogP contribution in [-0.2, 0) is 11.2 Å². The zero-order valence-corrected chi connectivity index (χ0v) is 13.8. The van der Waals surface area contributed by atoms with Gasteiger partial charge in [0.25, 0.3) is 0 Å². The van der Waals surface area contributed by atoms with Crippen LogP contribution in [0.4, 0.5) is 0 Å². The fraction of sp³-hybridized carbons (Fsp3) is 0.800. The van der Waals surface area contributed by atoms with Crippen LogP contribution in [0, 0.1) is 12.8 Å². The van der Waals surface area contributed by atoms with E-state index >= 15 is 0 Å². The van der Waals surface area contributed by atoms with Crippen LogP contribution in [0.5, 0.6) is 0 Å². The minimum atomic E-state index is 0.143. The van der Waals surface area contributed by atoms with Crippen LogP contribution < -0.4 is 5.73 Å². The van der Waals surface area contributed by atoms with Crippen molar-refractivity contribution in [2.75, 3.05) is 18.1 Å². The Balaban J connectivity index is 1.61. The number of hydrogen-bond donors (Lipinski definition) is 1. The molecule has 2 saturated heterocycles. The number of rotatable bonds is 3. The van der Waals surface area contributed by atoms with Crippen molar-refractivity contribution < 1.29 is 4.74 Å². The summed E-state index contributed by atoms with van der Waals surface area (Å²) < 4.78 is 6.16. The Bertz CT molecular complexity index is 437. The summed E-state index contributed by atoms with van der Waals surface area (Å²) in [6, 6.07) is 0.232.